The van der Waals surface area contributed by atoms with Gasteiger partial charge in [0.15, 0.2) is 0 Å². The average molecular weight is 240 g/mol. The number of ether oxygens (including phenoxy) is 2. The maximum absolute atomic E-state index is 6.32. The van der Waals surface area contributed by atoms with Crippen LogP contribution in [0.5, 0.6) is 11.5 Å². The summed E-state index contributed by atoms with van der Waals surface area (Å²) in [6.07, 6.45) is 2.20. The van der Waals surface area contributed by atoms with E-state index in [1.807, 2.05) is 16.6 Å². The topological polar surface area (TPSA) is 21.7 Å². The summed E-state index contributed by atoms with van der Waals surface area (Å²) >= 11 is 6.32. The van der Waals surface area contributed by atoms with Crippen LogP contribution >= 0.6 is 11.8 Å². The molecule has 2 heterocycles. The molecular formula is C12H14ClNO2. The molecule has 0 N–H and O–H groups in total. The van der Waals surface area contributed by atoms with Gasteiger partial charge in [0.2, 0.25) is 0 Å². The second-order valence-corrected chi connectivity index (χ2v) is 4.64. The van der Waals surface area contributed by atoms with Crippen molar-refractivity contribution in [3.63, 3.8) is 0 Å². The quantitative estimate of drug-likeness (QED) is 0.741. The van der Waals surface area contributed by atoms with Gasteiger partial charge in [-0.2, -0.15) is 0 Å². The molecule has 0 amide bonds. The first-order chi connectivity index (χ1) is 7.77. The lowest BCUT2D eigenvalue weighted by Gasteiger charge is -2.18. The number of rotatable bonds is 2. The van der Waals surface area contributed by atoms with E-state index in [0.717, 1.165) is 24.3 Å². The van der Waals surface area contributed by atoms with E-state index in [0.29, 0.717) is 0 Å². The van der Waals surface area contributed by atoms with Crippen molar-refractivity contribution in [2.45, 2.75) is 24.9 Å². The lowest BCUT2D eigenvalue weighted by molar-refractivity contribution is 0.375. The van der Waals surface area contributed by atoms with E-state index in [1.54, 1.807) is 14.2 Å². The SMILES string of the molecule is COc1ccc(OC)c2c1C1CCC2N1Cl. The third-order valence-electron chi connectivity index (χ3n) is 3.62. The standard InChI is InChI=1S/C12H14ClNO2/c1-15-9-5-6-10(16-2)12-8-4-3-7(11(9)12)14(8)13/h5-8H,3-4H2,1-2H3. The predicted molar refractivity (Wildman–Crippen MR) is 62.0 cm³/mol. The molecule has 3 nitrogen and oxygen atoms in total. The Kier molecular flexibility index (Phi) is 2.26. The van der Waals surface area contributed by atoms with Crippen molar-refractivity contribution < 1.29 is 9.47 Å². The summed E-state index contributed by atoms with van der Waals surface area (Å²) in [6.45, 7) is 0. The van der Waals surface area contributed by atoms with E-state index < -0.39 is 0 Å². The Bertz CT molecular complexity index is 396. The lowest BCUT2D eigenvalue weighted by atomic mass is 9.90. The molecule has 2 aliphatic rings. The summed E-state index contributed by atoms with van der Waals surface area (Å²) in [5.74, 6) is 1.85. The average Bonchev–Trinajstić information content (AvgIpc) is 2.82. The third-order valence-corrected chi connectivity index (χ3v) is 4.09. The van der Waals surface area contributed by atoms with Crippen molar-refractivity contribution in [1.29, 1.82) is 0 Å². The highest BCUT2D eigenvalue weighted by atomic mass is 35.5. The number of benzene rings is 1. The lowest BCUT2D eigenvalue weighted by Crippen LogP contribution is -2.05. The van der Waals surface area contributed by atoms with Gasteiger partial charge in [-0.1, -0.05) is 0 Å². The molecule has 2 atom stereocenters. The van der Waals surface area contributed by atoms with Crippen molar-refractivity contribution in [3.8, 4) is 11.5 Å². The highest BCUT2D eigenvalue weighted by molar-refractivity contribution is 6.14. The second kappa shape index (κ2) is 3.54. The fourth-order valence-corrected chi connectivity index (χ4v) is 3.35. The minimum absolute atomic E-state index is 0.284. The molecule has 1 saturated heterocycles. The molecule has 16 heavy (non-hydrogen) atoms. The molecule has 0 aromatic heterocycles. The van der Waals surface area contributed by atoms with Crippen molar-refractivity contribution in [3.05, 3.63) is 23.3 Å². The molecule has 86 valence electrons. The zero-order valence-electron chi connectivity index (χ0n) is 9.37. The van der Waals surface area contributed by atoms with Crippen LogP contribution in [0.25, 0.3) is 0 Å². The van der Waals surface area contributed by atoms with E-state index >= 15 is 0 Å². The van der Waals surface area contributed by atoms with Crippen LogP contribution in [0.3, 0.4) is 0 Å². The molecule has 0 radical (unpaired) electrons. The summed E-state index contributed by atoms with van der Waals surface area (Å²) in [5.41, 5.74) is 2.43. The van der Waals surface area contributed by atoms with E-state index in [2.05, 4.69) is 0 Å². The van der Waals surface area contributed by atoms with E-state index in [1.165, 1.54) is 11.1 Å². The van der Waals surface area contributed by atoms with E-state index in [9.17, 15) is 0 Å². The van der Waals surface area contributed by atoms with Gasteiger partial charge in [-0.3, -0.25) is 0 Å². The predicted octanol–water partition coefficient (Wildman–Crippen LogP) is 3.05. The van der Waals surface area contributed by atoms with Gasteiger partial charge in [0.05, 0.1) is 26.3 Å². The highest BCUT2D eigenvalue weighted by Gasteiger charge is 2.46. The molecule has 3 rings (SSSR count). The van der Waals surface area contributed by atoms with Gasteiger partial charge in [-0.05, 0) is 36.8 Å². The van der Waals surface area contributed by atoms with Crippen LogP contribution in [0.15, 0.2) is 12.1 Å². The zero-order valence-corrected chi connectivity index (χ0v) is 10.1. The molecule has 0 spiro atoms. The number of nitrogens with zero attached hydrogens (tertiary/aromatic N) is 1. The van der Waals surface area contributed by atoms with Crippen LogP contribution < -0.4 is 9.47 Å². The van der Waals surface area contributed by atoms with Gasteiger partial charge >= 0.3 is 0 Å². The Balaban J connectivity index is 2.22. The summed E-state index contributed by atoms with van der Waals surface area (Å²) in [6, 6.07) is 4.49. The molecular weight excluding hydrogens is 226 g/mol. The first kappa shape index (κ1) is 10.2. The van der Waals surface area contributed by atoms with Gasteiger partial charge in [-0.15, -0.1) is 0 Å². The number of fused-ring (bicyclic) bond motifs is 5. The number of halogens is 1. The summed E-state index contributed by atoms with van der Waals surface area (Å²) < 4.78 is 12.7. The van der Waals surface area contributed by atoms with Crippen LogP contribution in [0, 0.1) is 0 Å². The van der Waals surface area contributed by atoms with Crippen LogP contribution in [-0.2, 0) is 0 Å². The van der Waals surface area contributed by atoms with Crippen molar-refractivity contribution in [1.82, 2.24) is 4.42 Å². The molecule has 1 fully saturated rings. The van der Waals surface area contributed by atoms with Gasteiger partial charge in [0.1, 0.15) is 11.5 Å². The molecule has 0 saturated carbocycles. The van der Waals surface area contributed by atoms with Gasteiger partial charge in [0.25, 0.3) is 0 Å². The summed E-state index contributed by atoms with van der Waals surface area (Å²) in [4.78, 5) is 0. The number of methoxy groups -OCH3 is 2. The maximum atomic E-state index is 6.32. The fraction of sp³-hybridized carbons (Fsp3) is 0.500. The molecule has 1 aromatic carbocycles. The summed E-state index contributed by atoms with van der Waals surface area (Å²) in [7, 11) is 3.40. The normalized spacial score (nSPS) is 26.9. The minimum Gasteiger partial charge on any atom is -0.496 e. The Morgan fingerprint density at radius 2 is 1.50 bits per heavy atom. The highest BCUT2D eigenvalue weighted by Crippen LogP contribution is 2.59. The van der Waals surface area contributed by atoms with E-state index in [-0.39, 0.29) is 12.1 Å². The van der Waals surface area contributed by atoms with Gasteiger partial charge < -0.3 is 9.47 Å². The Morgan fingerprint density at radius 3 is 1.88 bits per heavy atom. The van der Waals surface area contributed by atoms with Crippen LogP contribution in [0.2, 0.25) is 0 Å². The first-order valence-corrected chi connectivity index (χ1v) is 5.80. The Morgan fingerprint density at radius 1 is 1.06 bits per heavy atom. The molecule has 2 unspecified atom stereocenters. The summed E-state index contributed by atoms with van der Waals surface area (Å²) in [5, 5.41) is 0. The fourth-order valence-electron chi connectivity index (χ4n) is 2.95. The molecule has 0 aliphatic carbocycles. The minimum atomic E-state index is 0.284. The Labute approximate surface area is 100 Å². The van der Waals surface area contributed by atoms with Crippen molar-refractivity contribution in [2.24, 2.45) is 0 Å². The van der Waals surface area contributed by atoms with Crippen molar-refractivity contribution >= 4 is 11.8 Å². The number of hydrogen-bond acceptors (Lipinski definition) is 3. The second-order valence-electron chi connectivity index (χ2n) is 4.25. The van der Waals surface area contributed by atoms with Crippen LogP contribution in [0.1, 0.15) is 36.1 Å². The maximum Gasteiger partial charge on any atom is 0.124 e. The largest absolute Gasteiger partial charge is 0.496 e. The smallest absolute Gasteiger partial charge is 0.124 e. The molecule has 2 bridgehead atoms. The van der Waals surface area contributed by atoms with Crippen molar-refractivity contribution in [2.75, 3.05) is 14.2 Å². The molecule has 2 aliphatic heterocycles. The third kappa shape index (κ3) is 1.13. The van der Waals surface area contributed by atoms with Crippen LogP contribution in [0.4, 0.5) is 0 Å². The monoisotopic (exact) mass is 239 g/mol. The zero-order chi connectivity index (χ0) is 11.3. The van der Waals surface area contributed by atoms with Gasteiger partial charge in [-0.25, -0.2) is 4.42 Å². The number of hydrogen-bond donors (Lipinski definition) is 0. The molecule has 1 aromatic rings. The van der Waals surface area contributed by atoms with Gasteiger partial charge in [0, 0.05) is 11.1 Å². The molecule has 4 heteroatoms. The van der Waals surface area contributed by atoms with E-state index in [4.69, 9.17) is 21.3 Å². The Hall–Kier alpha value is -0.930. The first-order valence-electron chi connectivity index (χ1n) is 5.46. The van der Waals surface area contributed by atoms with Crippen LogP contribution in [-0.4, -0.2) is 18.6 Å².